The van der Waals surface area contributed by atoms with Crippen LogP contribution in [-0.2, 0) is 22.6 Å². The van der Waals surface area contributed by atoms with E-state index in [1.165, 1.54) is 49.4 Å². The number of aromatic amines is 1. The van der Waals surface area contributed by atoms with Crippen LogP contribution in [0.4, 0.5) is 13.2 Å². The molecule has 198 valence electrons. The number of halogens is 3. The molecule has 4 rings (SSSR count). The van der Waals surface area contributed by atoms with Crippen LogP contribution in [0, 0.1) is 13.8 Å². The standard InChI is InChI=1S/C25H22F3N5O4S/c1-14-20(22-30-15(2)31-32-22)12-21(23(34)29-13-16-7-9-19(10-8-16)38(3,36)37)24(35)33(14)18-6-4-5-17(11-18)25(26,27)28/h4-12H,13H2,1-3H3,(H,29,34)(H,30,31,32). The lowest BCUT2D eigenvalue weighted by Gasteiger charge is -2.17. The number of H-pyrrole nitrogens is 1. The summed E-state index contributed by atoms with van der Waals surface area (Å²) in [4.78, 5) is 30.9. The van der Waals surface area contributed by atoms with E-state index < -0.39 is 33.0 Å². The van der Waals surface area contributed by atoms with Crippen molar-refractivity contribution in [2.24, 2.45) is 0 Å². The highest BCUT2D eigenvalue weighted by atomic mass is 32.2. The normalized spacial score (nSPS) is 11.9. The molecule has 0 bridgehead atoms. The predicted octanol–water partition coefficient (Wildman–Crippen LogP) is 3.59. The molecule has 0 aliphatic carbocycles. The van der Waals surface area contributed by atoms with Crippen LogP contribution in [0.5, 0.6) is 0 Å². The molecule has 0 fully saturated rings. The zero-order valence-electron chi connectivity index (χ0n) is 20.4. The second-order valence-electron chi connectivity index (χ2n) is 8.59. The third kappa shape index (κ3) is 5.52. The van der Waals surface area contributed by atoms with Crippen molar-refractivity contribution in [3.05, 3.63) is 93.2 Å². The Kier molecular flexibility index (Phi) is 6.98. The molecule has 38 heavy (non-hydrogen) atoms. The Balaban J connectivity index is 1.77. The monoisotopic (exact) mass is 545 g/mol. The molecule has 0 atom stereocenters. The van der Waals surface area contributed by atoms with Crippen molar-refractivity contribution in [2.75, 3.05) is 6.26 Å². The molecule has 1 amide bonds. The van der Waals surface area contributed by atoms with E-state index in [9.17, 15) is 31.2 Å². The number of aryl methyl sites for hydroxylation is 1. The number of alkyl halides is 3. The molecule has 2 aromatic heterocycles. The van der Waals surface area contributed by atoms with E-state index in [4.69, 9.17) is 0 Å². The number of carbonyl (C=O) groups excluding carboxylic acids is 1. The van der Waals surface area contributed by atoms with Gasteiger partial charge in [0.05, 0.1) is 10.5 Å². The van der Waals surface area contributed by atoms with E-state index in [0.29, 0.717) is 11.4 Å². The summed E-state index contributed by atoms with van der Waals surface area (Å²) in [6.45, 7) is 3.14. The Labute approximate surface area is 215 Å². The molecular weight excluding hydrogens is 523 g/mol. The molecule has 0 saturated carbocycles. The first-order valence-corrected chi connectivity index (χ1v) is 13.1. The third-order valence-corrected chi connectivity index (χ3v) is 6.89. The number of hydrogen-bond acceptors (Lipinski definition) is 6. The second kappa shape index (κ2) is 9.89. The fraction of sp³-hybridized carbons (Fsp3) is 0.200. The lowest BCUT2D eigenvalue weighted by Crippen LogP contribution is -2.33. The molecular formula is C25H22F3N5O4S. The van der Waals surface area contributed by atoms with Crippen molar-refractivity contribution in [3.8, 4) is 17.1 Å². The molecule has 0 spiro atoms. The summed E-state index contributed by atoms with van der Waals surface area (Å²) in [7, 11) is -3.39. The van der Waals surface area contributed by atoms with Crippen LogP contribution < -0.4 is 10.9 Å². The van der Waals surface area contributed by atoms with Gasteiger partial charge in [0.2, 0.25) is 0 Å². The largest absolute Gasteiger partial charge is 0.416 e. The van der Waals surface area contributed by atoms with Crippen molar-refractivity contribution >= 4 is 15.7 Å². The van der Waals surface area contributed by atoms with Gasteiger partial charge in [-0.25, -0.2) is 13.4 Å². The van der Waals surface area contributed by atoms with Crippen LogP contribution in [0.3, 0.4) is 0 Å². The van der Waals surface area contributed by atoms with Gasteiger partial charge in [0, 0.05) is 29.7 Å². The van der Waals surface area contributed by atoms with Crippen molar-refractivity contribution in [3.63, 3.8) is 0 Å². The number of amides is 1. The Morgan fingerprint density at radius 2 is 1.76 bits per heavy atom. The van der Waals surface area contributed by atoms with Gasteiger partial charge >= 0.3 is 6.18 Å². The summed E-state index contributed by atoms with van der Waals surface area (Å²) < 4.78 is 64.5. The van der Waals surface area contributed by atoms with Crippen LogP contribution in [-0.4, -0.2) is 40.3 Å². The van der Waals surface area contributed by atoms with Crippen LogP contribution in [0.1, 0.15) is 33.0 Å². The number of carbonyl (C=O) groups is 1. The molecule has 2 N–H and O–H groups in total. The maximum atomic E-state index is 13.5. The zero-order valence-corrected chi connectivity index (χ0v) is 21.2. The number of benzene rings is 2. The van der Waals surface area contributed by atoms with Gasteiger partial charge < -0.3 is 5.32 Å². The van der Waals surface area contributed by atoms with Crippen LogP contribution >= 0.6 is 0 Å². The molecule has 9 nitrogen and oxygen atoms in total. The van der Waals surface area contributed by atoms with E-state index in [-0.39, 0.29) is 39.8 Å². The quantitative estimate of drug-likeness (QED) is 0.381. The highest BCUT2D eigenvalue weighted by Gasteiger charge is 2.31. The van der Waals surface area contributed by atoms with Crippen molar-refractivity contribution < 1.29 is 26.4 Å². The molecule has 0 unspecified atom stereocenters. The maximum Gasteiger partial charge on any atom is 0.416 e. The fourth-order valence-electron chi connectivity index (χ4n) is 3.82. The van der Waals surface area contributed by atoms with Crippen LogP contribution in [0.2, 0.25) is 0 Å². The first-order valence-electron chi connectivity index (χ1n) is 11.2. The molecule has 0 aliphatic rings. The number of hydrogen-bond donors (Lipinski definition) is 2. The highest BCUT2D eigenvalue weighted by Crippen LogP contribution is 2.31. The van der Waals surface area contributed by atoms with Crippen molar-refractivity contribution in [1.82, 2.24) is 25.1 Å². The summed E-state index contributed by atoms with van der Waals surface area (Å²) in [5.74, 6) is -0.165. The lowest BCUT2D eigenvalue weighted by atomic mass is 10.1. The summed E-state index contributed by atoms with van der Waals surface area (Å²) in [5.41, 5.74) is -1.12. The summed E-state index contributed by atoms with van der Waals surface area (Å²) in [5, 5.41) is 9.35. The van der Waals surface area contributed by atoms with Crippen molar-refractivity contribution in [1.29, 1.82) is 0 Å². The number of nitrogens with one attached hydrogen (secondary N) is 2. The summed E-state index contributed by atoms with van der Waals surface area (Å²) in [6.07, 6.45) is -3.57. The SMILES string of the molecule is Cc1nc(-c2cc(C(=O)NCc3ccc(S(C)(=O)=O)cc3)c(=O)n(-c3cccc(C(F)(F)F)c3)c2C)n[nH]1. The molecule has 0 radical (unpaired) electrons. The Bertz CT molecular complexity index is 1690. The van der Waals surface area contributed by atoms with Gasteiger partial charge in [0.15, 0.2) is 15.7 Å². The van der Waals surface area contributed by atoms with Gasteiger partial charge in [-0.05, 0) is 55.8 Å². The fourth-order valence-corrected chi connectivity index (χ4v) is 4.45. The molecule has 0 saturated heterocycles. The van der Waals surface area contributed by atoms with E-state index in [1.54, 1.807) is 6.92 Å². The topological polar surface area (TPSA) is 127 Å². The lowest BCUT2D eigenvalue weighted by molar-refractivity contribution is -0.137. The van der Waals surface area contributed by atoms with Gasteiger partial charge in [0.1, 0.15) is 11.4 Å². The van der Waals surface area contributed by atoms with Gasteiger partial charge in [-0.15, -0.1) is 0 Å². The maximum absolute atomic E-state index is 13.5. The molecule has 4 aromatic rings. The van der Waals surface area contributed by atoms with Gasteiger partial charge in [-0.1, -0.05) is 18.2 Å². The number of pyridine rings is 1. The molecule has 2 heterocycles. The number of nitrogens with zero attached hydrogens (tertiary/aromatic N) is 3. The van der Waals surface area contributed by atoms with E-state index in [0.717, 1.165) is 23.0 Å². The number of sulfone groups is 1. The Morgan fingerprint density at radius 3 is 2.34 bits per heavy atom. The van der Waals surface area contributed by atoms with E-state index in [1.807, 2.05) is 0 Å². The first kappa shape index (κ1) is 26.8. The smallest absolute Gasteiger partial charge is 0.348 e. The van der Waals surface area contributed by atoms with Gasteiger partial charge in [-0.2, -0.15) is 18.3 Å². The third-order valence-electron chi connectivity index (χ3n) is 5.77. The summed E-state index contributed by atoms with van der Waals surface area (Å²) in [6, 6.07) is 11.4. The highest BCUT2D eigenvalue weighted by molar-refractivity contribution is 7.90. The Hall–Kier alpha value is -4.26. The van der Waals surface area contributed by atoms with Crippen LogP contribution in [0.15, 0.2) is 64.3 Å². The number of aromatic nitrogens is 4. The predicted molar refractivity (Wildman–Crippen MR) is 133 cm³/mol. The van der Waals surface area contributed by atoms with Crippen molar-refractivity contribution in [2.45, 2.75) is 31.5 Å². The second-order valence-corrected chi connectivity index (χ2v) is 10.6. The molecule has 13 heteroatoms. The number of rotatable bonds is 6. The molecule has 2 aromatic carbocycles. The van der Waals surface area contributed by atoms with Gasteiger partial charge in [0.25, 0.3) is 11.5 Å². The minimum absolute atomic E-state index is 0.0329. The average Bonchev–Trinajstić information content (AvgIpc) is 3.28. The summed E-state index contributed by atoms with van der Waals surface area (Å²) >= 11 is 0. The molecule has 0 aliphatic heterocycles. The minimum Gasteiger partial charge on any atom is -0.348 e. The zero-order chi connectivity index (χ0) is 27.8. The van der Waals surface area contributed by atoms with E-state index in [2.05, 4.69) is 20.5 Å². The minimum atomic E-state index is -4.64. The Morgan fingerprint density at radius 1 is 1.08 bits per heavy atom. The van der Waals surface area contributed by atoms with E-state index >= 15 is 0 Å². The van der Waals surface area contributed by atoms with Crippen LogP contribution in [0.25, 0.3) is 17.1 Å². The average molecular weight is 546 g/mol. The van der Waals surface area contributed by atoms with Gasteiger partial charge in [-0.3, -0.25) is 19.3 Å². The first-order chi connectivity index (χ1) is 17.8.